The van der Waals surface area contributed by atoms with Crippen LogP contribution in [0.4, 0.5) is 5.69 Å². The SMILES string of the molecule is CN(c1c(C#N)cnc2c1ccn2S(=O)(=O)c1ccccc1)C1CCC(CO)CC1. The van der Waals surface area contributed by atoms with Crippen LogP contribution < -0.4 is 4.90 Å². The maximum absolute atomic E-state index is 13.1. The van der Waals surface area contributed by atoms with Gasteiger partial charge in [-0.1, -0.05) is 18.2 Å². The van der Waals surface area contributed by atoms with E-state index in [4.69, 9.17) is 0 Å². The molecule has 4 rings (SSSR count). The summed E-state index contributed by atoms with van der Waals surface area (Å²) in [5.74, 6) is 0.333. The number of aliphatic hydroxyl groups excluding tert-OH is 1. The number of fused-ring (bicyclic) bond motifs is 1. The van der Waals surface area contributed by atoms with Gasteiger partial charge >= 0.3 is 0 Å². The minimum atomic E-state index is -3.79. The van der Waals surface area contributed by atoms with Crippen LogP contribution in [0.5, 0.6) is 0 Å². The van der Waals surface area contributed by atoms with Crippen LogP contribution in [0, 0.1) is 17.2 Å². The number of aromatic nitrogens is 2. The van der Waals surface area contributed by atoms with Crippen LogP contribution in [0.3, 0.4) is 0 Å². The molecule has 1 aliphatic rings. The Morgan fingerprint density at radius 2 is 1.90 bits per heavy atom. The maximum atomic E-state index is 13.1. The lowest BCUT2D eigenvalue weighted by atomic mass is 9.85. The van der Waals surface area contributed by atoms with E-state index in [1.807, 2.05) is 7.05 Å². The molecule has 3 aromatic rings. The van der Waals surface area contributed by atoms with Gasteiger partial charge in [0.2, 0.25) is 0 Å². The first-order valence-electron chi connectivity index (χ1n) is 10.0. The molecule has 7 nitrogen and oxygen atoms in total. The standard InChI is InChI=1S/C22H24N4O3S/c1-25(18-9-7-16(15-27)8-10-18)21-17(13-23)14-24-22-20(21)11-12-26(22)30(28,29)19-5-3-2-4-6-19/h2-6,11-12,14,16,18,27H,7-10,15H2,1H3. The minimum Gasteiger partial charge on any atom is -0.396 e. The van der Waals surface area contributed by atoms with Crippen molar-refractivity contribution in [1.82, 2.24) is 8.96 Å². The van der Waals surface area contributed by atoms with Crippen LogP contribution in [0.1, 0.15) is 31.2 Å². The predicted octanol–water partition coefficient (Wildman–Crippen LogP) is 3.13. The number of pyridine rings is 1. The minimum absolute atomic E-state index is 0.186. The average Bonchev–Trinajstić information content (AvgIpc) is 3.23. The van der Waals surface area contributed by atoms with Gasteiger partial charge in [-0.2, -0.15) is 5.26 Å². The van der Waals surface area contributed by atoms with Gasteiger partial charge in [0.05, 0.1) is 16.1 Å². The van der Waals surface area contributed by atoms with E-state index < -0.39 is 10.0 Å². The van der Waals surface area contributed by atoms with Gasteiger partial charge in [0.15, 0.2) is 5.65 Å². The molecule has 30 heavy (non-hydrogen) atoms. The molecule has 1 saturated carbocycles. The second kappa shape index (κ2) is 8.09. The predicted molar refractivity (Wildman–Crippen MR) is 115 cm³/mol. The van der Waals surface area contributed by atoms with Gasteiger partial charge in [-0.3, -0.25) is 0 Å². The average molecular weight is 425 g/mol. The van der Waals surface area contributed by atoms with E-state index in [1.165, 1.54) is 16.4 Å². The summed E-state index contributed by atoms with van der Waals surface area (Å²) in [6, 6.07) is 12.4. The summed E-state index contributed by atoms with van der Waals surface area (Å²) >= 11 is 0. The second-order valence-electron chi connectivity index (χ2n) is 7.77. The van der Waals surface area contributed by atoms with Gasteiger partial charge in [0.25, 0.3) is 10.0 Å². The Bertz CT molecular complexity index is 1190. The summed E-state index contributed by atoms with van der Waals surface area (Å²) in [6.45, 7) is 0.208. The first-order chi connectivity index (χ1) is 14.5. The van der Waals surface area contributed by atoms with Gasteiger partial charge in [-0.05, 0) is 49.8 Å². The van der Waals surface area contributed by atoms with Crippen LogP contribution >= 0.6 is 0 Å². The zero-order chi connectivity index (χ0) is 21.3. The summed E-state index contributed by atoms with van der Waals surface area (Å²) < 4.78 is 27.5. The number of aliphatic hydroxyl groups is 1. The third-order valence-electron chi connectivity index (χ3n) is 6.05. The topological polar surface area (TPSA) is 99.2 Å². The highest BCUT2D eigenvalue weighted by atomic mass is 32.2. The molecule has 8 heteroatoms. The summed E-state index contributed by atoms with van der Waals surface area (Å²) in [4.78, 5) is 6.58. The van der Waals surface area contributed by atoms with E-state index in [2.05, 4.69) is 16.0 Å². The maximum Gasteiger partial charge on any atom is 0.269 e. The van der Waals surface area contributed by atoms with Crippen molar-refractivity contribution >= 4 is 26.7 Å². The highest BCUT2D eigenvalue weighted by Gasteiger charge is 2.28. The van der Waals surface area contributed by atoms with Crippen molar-refractivity contribution in [2.24, 2.45) is 5.92 Å². The quantitative estimate of drug-likeness (QED) is 0.676. The zero-order valence-electron chi connectivity index (χ0n) is 16.8. The fourth-order valence-electron chi connectivity index (χ4n) is 4.31. The summed E-state index contributed by atoms with van der Waals surface area (Å²) in [7, 11) is -1.85. The molecule has 0 unspecified atom stereocenters. The van der Waals surface area contributed by atoms with Gasteiger partial charge < -0.3 is 10.0 Å². The van der Waals surface area contributed by atoms with E-state index in [9.17, 15) is 18.8 Å². The highest BCUT2D eigenvalue weighted by Crippen LogP contribution is 2.36. The molecule has 156 valence electrons. The Hall–Kier alpha value is -2.89. The number of benzene rings is 1. The summed E-state index contributed by atoms with van der Waals surface area (Å²) in [5.41, 5.74) is 1.44. The van der Waals surface area contributed by atoms with E-state index >= 15 is 0 Å². The molecule has 0 spiro atoms. The molecule has 0 bridgehead atoms. The first kappa shape index (κ1) is 20.4. The smallest absolute Gasteiger partial charge is 0.269 e. The molecule has 1 aromatic carbocycles. The van der Waals surface area contributed by atoms with Crippen LogP contribution in [0.25, 0.3) is 11.0 Å². The van der Waals surface area contributed by atoms with Crippen molar-refractivity contribution in [3.05, 3.63) is 54.4 Å². The number of anilines is 1. The molecule has 1 fully saturated rings. The van der Waals surface area contributed by atoms with E-state index in [-0.39, 0.29) is 17.5 Å². The Morgan fingerprint density at radius 1 is 1.20 bits per heavy atom. The lowest BCUT2D eigenvalue weighted by Crippen LogP contribution is -2.36. The molecule has 0 aliphatic heterocycles. The lowest BCUT2D eigenvalue weighted by molar-refractivity contribution is 0.182. The molecule has 1 N–H and O–H groups in total. The summed E-state index contributed by atoms with van der Waals surface area (Å²) in [5, 5.41) is 19.7. The normalized spacial score (nSPS) is 19.5. The second-order valence-corrected chi connectivity index (χ2v) is 9.58. The molecule has 2 heterocycles. The molecular weight excluding hydrogens is 400 g/mol. The Kier molecular flexibility index (Phi) is 5.50. The van der Waals surface area contributed by atoms with Gasteiger partial charge in [0, 0.05) is 37.5 Å². The van der Waals surface area contributed by atoms with Crippen molar-refractivity contribution in [3.63, 3.8) is 0 Å². The summed E-state index contributed by atoms with van der Waals surface area (Å²) in [6.07, 6.45) is 6.65. The van der Waals surface area contributed by atoms with Crippen molar-refractivity contribution in [1.29, 1.82) is 5.26 Å². The number of rotatable bonds is 5. The number of nitrogens with zero attached hydrogens (tertiary/aromatic N) is 4. The van der Waals surface area contributed by atoms with E-state index in [1.54, 1.807) is 36.4 Å². The monoisotopic (exact) mass is 424 g/mol. The van der Waals surface area contributed by atoms with Crippen LogP contribution in [0.2, 0.25) is 0 Å². The fraction of sp³-hybridized carbons (Fsp3) is 0.364. The fourth-order valence-corrected chi connectivity index (χ4v) is 5.63. The molecular formula is C22H24N4O3S. The Balaban J connectivity index is 1.79. The molecule has 0 saturated heterocycles. The van der Waals surface area contributed by atoms with E-state index in [0.717, 1.165) is 25.7 Å². The Morgan fingerprint density at radius 3 is 2.53 bits per heavy atom. The van der Waals surface area contributed by atoms with Crippen molar-refractivity contribution in [2.45, 2.75) is 36.6 Å². The van der Waals surface area contributed by atoms with Crippen molar-refractivity contribution in [3.8, 4) is 6.07 Å². The third-order valence-corrected chi connectivity index (χ3v) is 7.73. The molecule has 0 amide bonds. The van der Waals surface area contributed by atoms with Crippen LogP contribution in [0.15, 0.2) is 53.7 Å². The van der Waals surface area contributed by atoms with Gasteiger partial charge in [-0.15, -0.1) is 0 Å². The van der Waals surface area contributed by atoms with Crippen LogP contribution in [-0.2, 0) is 10.0 Å². The zero-order valence-corrected chi connectivity index (χ0v) is 17.6. The molecule has 1 aliphatic carbocycles. The van der Waals surface area contributed by atoms with E-state index in [0.29, 0.717) is 28.2 Å². The third kappa shape index (κ3) is 3.44. The Labute approximate surface area is 176 Å². The van der Waals surface area contributed by atoms with Gasteiger partial charge in [0.1, 0.15) is 6.07 Å². The van der Waals surface area contributed by atoms with Crippen LogP contribution in [-0.4, -0.2) is 42.2 Å². The molecule has 0 radical (unpaired) electrons. The number of hydrogen-bond acceptors (Lipinski definition) is 6. The van der Waals surface area contributed by atoms with Crippen molar-refractivity contribution < 1.29 is 13.5 Å². The highest BCUT2D eigenvalue weighted by molar-refractivity contribution is 7.90. The molecule has 0 atom stereocenters. The van der Waals surface area contributed by atoms with Gasteiger partial charge in [-0.25, -0.2) is 17.4 Å². The number of hydrogen-bond donors (Lipinski definition) is 1. The lowest BCUT2D eigenvalue weighted by Gasteiger charge is -2.36. The van der Waals surface area contributed by atoms with Crippen molar-refractivity contribution in [2.75, 3.05) is 18.6 Å². The first-order valence-corrected chi connectivity index (χ1v) is 11.5. The largest absolute Gasteiger partial charge is 0.396 e. The molecule has 2 aromatic heterocycles. The number of nitriles is 1.